The van der Waals surface area contributed by atoms with Crippen LogP contribution < -0.4 is 0 Å². The van der Waals surface area contributed by atoms with E-state index >= 15 is 0 Å². The second-order valence-electron chi connectivity index (χ2n) is 2.60. The molecule has 1 aromatic heterocycles. The second-order valence-corrected chi connectivity index (χ2v) is 2.60. The highest BCUT2D eigenvalue weighted by Crippen LogP contribution is 2.18. The van der Waals surface area contributed by atoms with E-state index in [0.717, 1.165) is 6.20 Å². The number of fused-ring (bicyclic) bond motifs is 1. The molecule has 0 amide bonds. The van der Waals surface area contributed by atoms with Gasteiger partial charge in [-0.2, -0.15) is 0 Å². The van der Waals surface area contributed by atoms with Crippen LogP contribution in [-0.4, -0.2) is 9.91 Å². The summed E-state index contributed by atoms with van der Waals surface area (Å²) in [5, 5.41) is 10.5. The Morgan fingerprint density at radius 2 is 2.29 bits per heavy atom. The van der Waals surface area contributed by atoms with Crippen LogP contribution in [-0.2, 0) is 0 Å². The predicted molar refractivity (Wildman–Crippen MR) is 54.3 cm³/mol. The van der Waals surface area contributed by atoms with Crippen LogP contribution in [0.15, 0.2) is 36.6 Å². The van der Waals surface area contributed by atoms with Gasteiger partial charge in [-0.25, -0.2) is 0 Å². The minimum atomic E-state index is -0.634. The van der Waals surface area contributed by atoms with Crippen molar-refractivity contribution in [3.8, 4) is 0 Å². The first kappa shape index (κ1) is 4.95. The largest absolute Gasteiger partial charge is 0.361 e. The standard InChI is InChI=1S/C10H8N2O2/c13-12(14)6-5-8-7-11-10-4-2-1-3-9(8)10/h1-7,11H/b6-5+/i1D,2D,3D,4D. The summed E-state index contributed by atoms with van der Waals surface area (Å²) in [7, 11) is 0. The molecule has 1 heterocycles. The Labute approximate surface area is 85.6 Å². The number of aromatic nitrogens is 1. The van der Waals surface area contributed by atoms with E-state index in [0.29, 0.717) is 5.56 Å². The Bertz CT molecular complexity index is 678. The fourth-order valence-electron chi connectivity index (χ4n) is 1.13. The van der Waals surface area contributed by atoms with Crippen molar-refractivity contribution in [2.75, 3.05) is 0 Å². The molecule has 1 aromatic carbocycles. The lowest BCUT2D eigenvalue weighted by Gasteiger charge is -1.88. The van der Waals surface area contributed by atoms with Crippen LogP contribution in [0, 0.1) is 10.1 Å². The summed E-state index contributed by atoms with van der Waals surface area (Å²) in [6.07, 6.45) is 3.34. The van der Waals surface area contributed by atoms with Crippen LogP contribution in [0.4, 0.5) is 0 Å². The zero-order valence-electron chi connectivity index (χ0n) is 11.0. The molecule has 0 atom stereocenters. The van der Waals surface area contributed by atoms with Gasteiger partial charge in [0.1, 0.15) is 0 Å². The van der Waals surface area contributed by atoms with E-state index < -0.39 is 4.92 Å². The van der Waals surface area contributed by atoms with Crippen LogP contribution in [0.3, 0.4) is 0 Å². The van der Waals surface area contributed by atoms with Gasteiger partial charge in [0.2, 0.25) is 6.20 Å². The van der Waals surface area contributed by atoms with Crippen molar-refractivity contribution in [1.29, 1.82) is 0 Å². The third-order valence-electron chi connectivity index (χ3n) is 1.72. The number of nitrogens with zero attached hydrogens (tertiary/aromatic N) is 1. The first-order chi connectivity index (χ1) is 8.43. The molecule has 0 spiro atoms. The average molecular weight is 192 g/mol. The van der Waals surface area contributed by atoms with Gasteiger partial charge in [0.15, 0.2) is 0 Å². The van der Waals surface area contributed by atoms with Crippen molar-refractivity contribution in [1.82, 2.24) is 4.98 Å². The van der Waals surface area contributed by atoms with Gasteiger partial charge < -0.3 is 4.98 Å². The minimum absolute atomic E-state index is 0.188. The molecular weight excluding hydrogens is 180 g/mol. The zero-order chi connectivity index (χ0) is 13.4. The summed E-state index contributed by atoms with van der Waals surface area (Å²) in [4.78, 5) is 12.3. The van der Waals surface area contributed by atoms with Crippen LogP contribution >= 0.6 is 0 Å². The Kier molecular flexibility index (Phi) is 1.18. The molecule has 70 valence electrons. The average Bonchev–Trinajstić information content (AvgIpc) is 2.75. The molecule has 1 N–H and O–H groups in total. The van der Waals surface area contributed by atoms with E-state index in [-0.39, 0.29) is 35.1 Å². The number of nitro groups is 1. The van der Waals surface area contributed by atoms with Gasteiger partial charge in [0.25, 0.3) is 0 Å². The lowest BCUT2D eigenvalue weighted by atomic mass is 10.2. The van der Waals surface area contributed by atoms with E-state index in [4.69, 9.17) is 5.48 Å². The zero-order valence-corrected chi connectivity index (χ0v) is 7.00. The van der Waals surface area contributed by atoms with E-state index in [2.05, 4.69) is 4.98 Å². The number of aromatic amines is 1. The number of H-pyrrole nitrogens is 1. The Morgan fingerprint density at radius 3 is 3.07 bits per heavy atom. The van der Waals surface area contributed by atoms with Crippen molar-refractivity contribution in [3.05, 3.63) is 52.2 Å². The van der Waals surface area contributed by atoms with Gasteiger partial charge in [-0.05, 0) is 6.04 Å². The molecular formula is C10H8N2O2. The van der Waals surface area contributed by atoms with Crippen molar-refractivity contribution in [2.45, 2.75) is 0 Å². The highest BCUT2D eigenvalue weighted by Gasteiger charge is 1.99. The molecule has 4 nitrogen and oxygen atoms in total. The second kappa shape index (κ2) is 3.33. The van der Waals surface area contributed by atoms with Crippen LogP contribution in [0.25, 0.3) is 17.0 Å². The Hall–Kier alpha value is -2.10. The topological polar surface area (TPSA) is 58.9 Å². The van der Waals surface area contributed by atoms with Gasteiger partial charge in [-0.1, -0.05) is 18.1 Å². The van der Waals surface area contributed by atoms with Gasteiger partial charge >= 0.3 is 0 Å². The molecule has 4 heteroatoms. The highest BCUT2D eigenvalue weighted by molar-refractivity contribution is 5.88. The van der Waals surface area contributed by atoms with Crippen LogP contribution in [0.2, 0.25) is 0 Å². The van der Waals surface area contributed by atoms with Crippen molar-refractivity contribution >= 4 is 17.0 Å². The molecule has 2 rings (SSSR count). The predicted octanol–water partition coefficient (Wildman–Crippen LogP) is 2.42. The van der Waals surface area contributed by atoms with Gasteiger partial charge in [0.05, 0.1) is 10.4 Å². The minimum Gasteiger partial charge on any atom is -0.361 e. The lowest BCUT2D eigenvalue weighted by molar-refractivity contribution is -0.400. The fraction of sp³-hybridized carbons (Fsp3) is 0. The molecule has 0 aliphatic carbocycles. The first-order valence-electron chi connectivity index (χ1n) is 5.82. The van der Waals surface area contributed by atoms with Gasteiger partial charge in [-0.3, -0.25) is 10.1 Å². The molecule has 0 saturated carbocycles. The summed E-state index contributed by atoms with van der Waals surface area (Å²) >= 11 is 0. The van der Waals surface area contributed by atoms with E-state index in [1.54, 1.807) is 0 Å². The Morgan fingerprint density at radius 1 is 1.50 bits per heavy atom. The van der Waals surface area contributed by atoms with E-state index in [1.807, 2.05) is 0 Å². The SMILES string of the molecule is [2H]c1c([2H])c([2H])c2c(/C=C/[N+](=O)[O-])c[nH]c2c1[2H]. The third kappa shape index (κ3) is 1.50. The highest BCUT2D eigenvalue weighted by atomic mass is 16.6. The fourth-order valence-corrected chi connectivity index (χ4v) is 1.13. The van der Waals surface area contributed by atoms with Crippen molar-refractivity contribution in [2.24, 2.45) is 0 Å². The van der Waals surface area contributed by atoms with Gasteiger partial charge in [-0.15, -0.1) is 0 Å². The quantitative estimate of drug-likeness (QED) is 0.586. The summed E-state index contributed by atoms with van der Waals surface area (Å²) in [5.74, 6) is 0. The smallest absolute Gasteiger partial charge is 0.235 e. The molecule has 14 heavy (non-hydrogen) atoms. The van der Waals surface area contributed by atoms with Crippen molar-refractivity contribution < 1.29 is 10.4 Å². The maximum atomic E-state index is 10.3. The van der Waals surface area contributed by atoms with Crippen LogP contribution in [0.5, 0.6) is 0 Å². The molecule has 0 aliphatic heterocycles. The summed E-state index contributed by atoms with van der Waals surface area (Å²) in [6.45, 7) is 0. The maximum Gasteiger partial charge on any atom is 0.235 e. The Balaban J connectivity index is 2.77. The molecule has 0 fully saturated rings. The number of hydrogen-bond donors (Lipinski definition) is 1. The summed E-state index contributed by atoms with van der Waals surface area (Å²) in [5.41, 5.74) is 0.595. The summed E-state index contributed by atoms with van der Waals surface area (Å²) in [6, 6.07) is -1.09. The number of nitrogens with one attached hydrogen (secondary N) is 1. The monoisotopic (exact) mass is 192 g/mol. The van der Waals surface area contributed by atoms with E-state index in [9.17, 15) is 10.1 Å². The van der Waals surface area contributed by atoms with E-state index in [1.165, 1.54) is 12.3 Å². The normalized spacial score (nSPS) is 15.1. The van der Waals surface area contributed by atoms with Gasteiger partial charge in [0, 0.05) is 28.7 Å². The molecule has 0 radical (unpaired) electrons. The number of para-hydroxylation sites is 1. The number of rotatable bonds is 2. The maximum absolute atomic E-state index is 10.3. The molecule has 2 aromatic rings. The summed E-state index contributed by atoms with van der Waals surface area (Å²) < 4.78 is 30.5. The van der Waals surface area contributed by atoms with Crippen LogP contribution in [0.1, 0.15) is 11.0 Å². The molecule has 0 saturated heterocycles. The molecule has 0 bridgehead atoms. The lowest BCUT2D eigenvalue weighted by Crippen LogP contribution is -1.81. The molecule has 0 unspecified atom stereocenters. The van der Waals surface area contributed by atoms with Crippen molar-refractivity contribution in [3.63, 3.8) is 0 Å². The number of benzene rings is 1. The molecule has 0 aliphatic rings. The first-order valence-corrected chi connectivity index (χ1v) is 3.82. The third-order valence-corrected chi connectivity index (χ3v) is 1.72. The number of hydrogen-bond acceptors (Lipinski definition) is 2.